The minimum Gasteiger partial charge on any atom is -0.482 e. The molecule has 6 heteroatoms. The monoisotopic (exact) mass is 427 g/mol. The van der Waals surface area contributed by atoms with Gasteiger partial charge in [-0.25, -0.2) is 4.79 Å². The van der Waals surface area contributed by atoms with Crippen molar-refractivity contribution in [3.05, 3.63) is 63.3 Å². The summed E-state index contributed by atoms with van der Waals surface area (Å²) >= 11 is 3.48. The van der Waals surface area contributed by atoms with E-state index in [0.717, 1.165) is 26.6 Å². The molecule has 0 aliphatic heterocycles. The van der Waals surface area contributed by atoms with E-state index < -0.39 is 5.97 Å². The van der Waals surface area contributed by atoms with Gasteiger partial charge in [-0.2, -0.15) is 0 Å². The highest BCUT2D eigenvalue weighted by Crippen LogP contribution is 2.44. The summed E-state index contributed by atoms with van der Waals surface area (Å²) in [6.45, 7) is 3.99. The molecule has 5 nitrogen and oxygen atoms in total. The lowest BCUT2D eigenvalue weighted by atomic mass is 9.71. The van der Waals surface area contributed by atoms with Crippen molar-refractivity contribution in [1.82, 2.24) is 4.98 Å². The molecular formula is C21H18BrNO4. The molecule has 0 radical (unpaired) electrons. The number of hydrogen-bond donors (Lipinski definition) is 1. The number of esters is 1. The second kappa shape index (κ2) is 6.23. The summed E-state index contributed by atoms with van der Waals surface area (Å²) in [5.41, 5.74) is 3.68. The standard InChI is InChI=1S/C21H18BrNO4/c1-21(2)15-7-5-12(27-10-17(24)26-3)9-14(15)19(25)18-13-6-4-11(22)8-16(13)23-20(18)21/h4-9,23H,10H2,1-3H3. The molecule has 1 aromatic heterocycles. The summed E-state index contributed by atoms with van der Waals surface area (Å²) in [6, 6.07) is 11.2. The van der Waals surface area contributed by atoms with Gasteiger partial charge < -0.3 is 14.5 Å². The average molecular weight is 428 g/mol. The number of carbonyl (C=O) groups excluding carboxylic acids is 2. The van der Waals surface area contributed by atoms with Crippen LogP contribution in [-0.2, 0) is 14.9 Å². The number of hydrogen-bond acceptors (Lipinski definition) is 4. The fourth-order valence-corrected chi connectivity index (χ4v) is 4.05. The smallest absolute Gasteiger partial charge is 0.343 e. The van der Waals surface area contributed by atoms with Gasteiger partial charge in [0.1, 0.15) is 5.75 Å². The number of fused-ring (bicyclic) bond motifs is 4. The third-order valence-electron chi connectivity index (χ3n) is 5.11. The fraction of sp³-hybridized carbons (Fsp3) is 0.238. The van der Waals surface area contributed by atoms with E-state index in [1.807, 2.05) is 24.3 Å². The van der Waals surface area contributed by atoms with Crippen LogP contribution >= 0.6 is 15.9 Å². The Labute approximate surface area is 164 Å². The van der Waals surface area contributed by atoms with E-state index >= 15 is 0 Å². The number of aromatic nitrogens is 1. The van der Waals surface area contributed by atoms with E-state index in [4.69, 9.17) is 4.74 Å². The quantitative estimate of drug-likeness (QED) is 0.630. The molecule has 3 aromatic rings. The van der Waals surface area contributed by atoms with Crippen LogP contribution < -0.4 is 4.74 Å². The lowest BCUT2D eigenvalue weighted by Gasteiger charge is -2.32. The third kappa shape index (κ3) is 2.75. The first-order valence-electron chi connectivity index (χ1n) is 8.53. The molecule has 0 unspecified atom stereocenters. The number of ketones is 1. The number of ether oxygens (including phenoxy) is 2. The molecule has 0 amide bonds. The molecule has 1 heterocycles. The van der Waals surface area contributed by atoms with Gasteiger partial charge >= 0.3 is 5.97 Å². The molecule has 0 spiro atoms. The maximum absolute atomic E-state index is 13.3. The highest BCUT2D eigenvalue weighted by molar-refractivity contribution is 9.10. The van der Waals surface area contributed by atoms with Crippen LogP contribution in [0.2, 0.25) is 0 Å². The number of rotatable bonds is 3. The van der Waals surface area contributed by atoms with E-state index in [1.54, 1.807) is 12.1 Å². The number of carbonyl (C=O) groups is 2. The van der Waals surface area contributed by atoms with E-state index in [2.05, 4.69) is 39.5 Å². The fourth-order valence-electron chi connectivity index (χ4n) is 3.69. The van der Waals surface area contributed by atoms with Crippen molar-refractivity contribution in [3.63, 3.8) is 0 Å². The van der Waals surface area contributed by atoms with E-state index in [0.29, 0.717) is 16.9 Å². The molecule has 138 valence electrons. The Morgan fingerprint density at radius 3 is 2.70 bits per heavy atom. The van der Waals surface area contributed by atoms with Gasteiger partial charge in [0.15, 0.2) is 12.4 Å². The van der Waals surface area contributed by atoms with E-state index in [-0.39, 0.29) is 17.8 Å². The number of halogens is 1. The van der Waals surface area contributed by atoms with E-state index in [1.165, 1.54) is 7.11 Å². The largest absolute Gasteiger partial charge is 0.482 e. The topological polar surface area (TPSA) is 68.4 Å². The molecule has 0 saturated carbocycles. The van der Waals surface area contributed by atoms with Gasteiger partial charge in [-0.3, -0.25) is 4.79 Å². The summed E-state index contributed by atoms with van der Waals surface area (Å²) in [5.74, 6) is -0.0466. The Morgan fingerprint density at radius 2 is 1.96 bits per heavy atom. The maximum Gasteiger partial charge on any atom is 0.343 e. The number of H-pyrrole nitrogens is 1. The van der Waals surface area contributed by atoms with Crippen molar-refractivity contribution in [2.24, 2.45) is 0 Å². The second-order valence-corrected chi connectivity index (χ2v) is 8.01. The SMILES string of the molecule is COC(=O)COc1ccc2c(c1)C(=O)c1c([nH]c3cc(Br)ccc13)C2(C)C. The highest BCUT2D eigenvalue weighted by Gasteiger charge is 2.39. The van der Waals surface area contributed by atoms with Gasteiger partial charge in [0.2, 0.25) is 0 Å². The van der Waals surface area contributed by atoms with Crippen LogP contribution in [-0.4, -0.2) is 30.5 Å². The summed E-state index contributed by atoms with van der Waals surface area (Å²) in [4.78, 5) is 28.1. The molecular weight excluding hydrogens is 410 g/mol. The van der Waals surface area contributed by atoms with Crippen LogP contribution in [0.5, 0.6) is 5.75 Å². The second-order valence-electron chi connectivity index (χ2n) is 7.09. The minimum absolute atomic E-state index is 0.0450. The Hall–Kier alpha value is -2.60. The Morgan fingerprint density at radius 1 is 1.19 bits per heavy atom. The first-order chi connectivity index (χ1) is 12.8. The van der Waals surface area contributed by atoms with Crippen LogP contribution in [0.25, 0.3) is 10.9 Å². The Balaban J connectivity index is 1.84. The van der Waals surface area contributed by atoms with Crippen molar-refractivity contribution < 1.29 is 19.1 Å². The van der Waals surface area contributed by atoms with Gasteiger partial charge in [0.05, 0.1) is 12.7 Å². The summed E-state index contributed by atoms with van der Waals surface area (Å²) in [7, 11) is 1.31. The Kier molecular flexibility index (Phi) is 4.11. The zero-order chi connectivity index (χ0) is 19.3. The molecule has 4 rings (SSSR count). The van der Waals surface area contributed by atoms with Crippen molar-refractivity contribution in [1.29, 1.82) is 0 Å². The molecule has 2 aromatic carbocycles. The van der Waals surface area contributed by atoms with Gasteiger partial charge in [-0.05, 0) is 29.8 Å². The molecule has 1 N–H and O–H groups in total. The highest BCUT2D eigenvalue weighted by atomic mass is 79.9. The lowest BCUT2D eigenvalue weighted by molar-refractivity contribution is -0.142. The first-order valence-corrected chi connectivity index (χ1v) is 9.33. The molecule has 0 bridgehead atoms. The van der Waals surface area contributed by atoms with Crippen LogP contribution in [0.4, 0.5) is 0 Å². The Bertz CT molecular complexity index is 1100. The van der Waals surface area contributed by atoms with E-state index in [9.17, 15) is 9.59 Å². The normalized spacial score (nSPS) is 14.6. The van der Waals surface area contributed by atoms with Crippen molar-refractivity contribution >= 4 is 38.6 Å². The number of methoxy groups -OCH3 is 1. The predicted octanol–water partition coefficient (Wildman–Crippen LogP) is 4.35. The number of nitrogens with one attached hydrogen (secondary N) is 1. The van der Waals surface area contributed by atoms with Crippen LogP contribution in [0.3, 0.4) is 0 Å². The van der Waals surface area contributed by atoms with Gasteiger partial charge in [-0.15, -0.1) is 0 Å². The first kappa shape index (κ1) is 17.8. The minimum atomic E-state index is -0.469. The summed E-state index contributed by atoms with van der Waals surface area (Å²) in [5, 5.41) is 0.901. The maximum atomic E-state index is 13.3. The molecule has 0 fully saturated rings. The molecule has 1 aliphatic rings. The molecule has 0 saturated heterocycles. The zero-order valence-electron chi connectivity index (χ0n) is 15.2. The van der Waals surface area contributed by atoms with Gasteiger partial charge in [0.25, 0.3) is 0 Å². The number of benzene rings is 2. The van der Waals surface area contributed by atoms with Crippen molar-refractivity contribution in [3.8, 4) is 5.75 Å². The van der Waals surface area contributed by atoms with Crippen molar-refractivity contribution in [2.75, 3.05) is 13.7 Å². The number of aromatic amines is 1. The van der Waals surface area contributed by atoms with Crippen molar-refractivity contribution in [2.45, 2.75) is 19.3 Å². The van der Waals surface area contributed by atoms with Gasteiger partial charge in [-0.1, -0.05) is 41.9 Å². The van der Waals surface area contributed by atoms with Gasteiger partial charge in [0, 0.05) is 32.0 Å². The molecule has 1 aliphatic carbocycles. The lowest BCUT2D eigenvalue weighted by Crippen LogP contribution is -2.30. The third-order valence-corrected chi connectivity index (χ3v) is 5.60. The summed E-state index contributed by atoms with van der Waals surface area (Å²) < 4.78 is 11.0. The van der Waals surface area contributed by atoms with Crippen LogP contribution in [0.15, 0.2) is 40.9 Å². The predicted molar refractivity (Wildman–Crippen MR) is 106 cm³/mol. The van der Waals surface area contributed by atoms with Crippen LogP contribution in [0.1, 0.15) is 41.0 Å². The zero-order valence-corrected chi connectivity index (χ0v) is 16.8. The molecule has 27 heavy (non-hydrogen) atoms. The molecule has 0 atom stereocenters. The van der Waals surface area contributed by atoms with Crippen LogP contribution in [0, 0.1) is 0 Å². The average Bonchev–Trinajstić information content (AvgIpc) is 3.04. The summed E-state index contributed by atoms with van der Waals surface area (Å²) in [6.07, 6.45) is 0.